The molecule has 0 spiro atoms. The Morgan fingerprint density at radius 2 is 2.64 bits per heavy atom. The maximum absolute atomic E-state index is 5.73. The SMILES string of the molecule is CN1CCC(CNc2nc(Cl)cs2)C1. The van der Waals surface area contributed by atoms with Crippen LogP contribution in [0, 0.1) is 5.92 Å². The number of anilines is 1. The average molecular weight is 232 g/mol. The van der Waals surface area contributed by atoms with Crippen LogP contribution in [0.3, 0.4) is 0 Å². The summed E-state index contributed by atoms with van der Waals surface area (Å²) in [5.41, 5.74) is 0. The van der Waals surface area contributed by atoms with Crippen LogP contribution in [0.25, 0.3) is 0 Å². The standard InChI is InChI=1S/C9H14ClN3S/c1-13-3-2-7(5-13)4-11-9-12-8(10)6-14-9/h6-7H,2-5H2,1H3,(H,11,12). The number of hydrogen-bond donors (Lipinski definition) is 1. The molecule has 0 saturated carbocycles. The highest BCUT2D eigenvalue weighted by Crippen LogP contribution is 2.20. The smallest absolute Gasteiger partial charge is 0.184 e. The van der Waals surface area contributed by atoms with Crippen LogP contribution in [-0.4, -0.2) is 36.6 Å². The van der Waals surface area contributed by atoms with Crippen molar-refractivity contribution >= 4 is 28.1 Å². The molecule has 1 aliphatic rings. The molecule has 1 saturated heterocycles. The number of aromatic nitrogens is 1. The predicted molar refractivity (Wildman–Crippen MR) is 61.2 cm³/mol. The number of thiazole rings is 1. The van der Waals surface area contributed by atoms with E-state index in [-0.39, 0.29) is 0 Å². The van der Waals surface area contributed by atoms with Gasteiger partial charge in [-0.2, -0.15) is 0 Å². The second-order valence-corrected chi connectivity index (χ2v) is 5.02. The molecule has 0 amide bonds. The highest BCUT2D eigenvalue weighted by atomic mass is 35.5. The topological polar surface area (TPSA) is 28.2 Å². The Labute approximate surface area is 93.1 Å². The third kappa shape index (κ3) is 2.59. The second kappa shape index (κ2) is 4.47. The minimum atomic E-state index is 0.584. The summed E-state index contributed by atoms with van der Waals surface area (Å²) in [6, 6.07) is 0. The van der Waals surface area contributed by atoms with Gasteiger partial charge in [0.05, 0.1) is 0 Å². The molecule has 0 radical (unpaired) electrons. The molecule has 1 aromatic rings. The molecule has 0 bridgehead atoms. The van der Waals surface area contributed by atoms with E-state index in [9.17, 15) is 0 Å². The highest BCUT2D eigenvalue weighted by molar-refractivity contribution is 7.14. The van der Waals surface area contributed by atoms with Crippen molar-refractivity contribution in [3.8, 4) is 0 Å². The first-order valence-corrected chi connectivity index (χ1v) is 6.03. The summed E-state index contributed by atoms with van der Waals surface area (Å²) in [7, 11) is 2.17. The summed E-state index contributed by atoms with van der Waals surface area (Å²) < 4.78 is 0. The molecule has 1 aliphatic heterocycles. The second-order valence-electron chi connectivity index (χ2n) is 3.77. The van der Waals surface area contributed by atoms with Crippen LogP contribution in [0.1, 0.15) is 6.42 Å². The minimum Gasteiger partial charge on any atom is -0.361 e. The van der Waals surface area contributed by atoms with E-state index in [1.807, 2.05) is 5.38 Å². The van der Waals surface area contributed by atoms with Crippen molar-refractivity contribution in [1.82, 2.24) is 9.88 Å². The molecule has 1 unspecified atom stereocenters. The van der Waals surface area contributed by atoms with Crippen LogP contribution in [0.2, 0.25) is 5.15 Å². The Kier molecular flexibility index (Phi) is 3.26. The Morgan fingerprint density at radius 1 is 1.79 bits per heavy atom. The summed E-state index contributed by atoms with van der Waals surface area (Å²) in [5.74, 6) is 0.752. The van der Waals surface area contributed by atoms with Crippen LogP contribution < -0.4 is 5.32 Å². The van der Waals surface area contributed by atoms with Crippen LogP contribution in [0.15, 0.2) is 5.38 Å². The number of nitrogens with one attached hydrogen (secondary N) is 1. The zero-order valence-electron chi connectivity index (χ0n) is 8.16. The van der Waals surface area contributed by atoms with Crippen LogP contribution >= 0.6 is 22.9 Å². The van der Waals surface area contributed by atoms with Gasteiger partial charge in [0.2, 0.25) is 0 Å². The van der Waals surface area contributed by atoms with Gasteiger partial charge in [0, 0.05) is 18.5 Å². The van der Waals surface area contributed by atoms with E-state index in [1.165, 1.54) is 19.5 Å². The van der Waals surface area contributed by atoms with E-state index in [2.05, 4.69) is 22.2 Å². The van der Waals surface area contributed by atoms with E-state index >= 15 is 0 Å². The lowest BCUT2D eigenvalue weighted by atomic mass is 10.1. The van der Waals surface area contributed by atoms with Crippen molar-refractivity contribution in [2.75, 3.05) is 32.0 Å². The molecular weight excluding hydrogens is 218 g/mol. The molecule has 2 rings (SSSR count). The molecule has 0 aromatic carbocycles. The maximum Gasteiger partial charge on any atom is 0.184 e. The van der Waals surface area contributed by atoms with Gasteiger partial charge in [-0.05, 0) is 25.9 Å². The summed E-state index contributed by atoms with van der Waals surface area (Å²) in [5, 5.41) is 6.70. The van der Waals surface area contributed by atoms with E-state index < -0.39 is 0 Å². The van der Waals surface area contributed by atoms with Gasteiger partial charge < -0.3 is 10.2 Å². The molecule has 1 atom stereocenters. The van der Waals surface area contributed by atoms with Gasteiger partial charge in [-0.1, -0.05) is 11.6 Å². The molecule has 2 heterocycles. The third-order valence-electron chi connectivity index (χ3n) is 2.51. The molecule has 78 valence electrons. The van der Waals surface area contributed by atoms with Gasteiger partial charge in [0.25, 0.3) is 0 Å². The lowest BCUT2D eigenvalue weighted by Gasteiger charge is -2.10. The Balaban J connectivity index is 1.77. The van der Waals surface area contributed by atoms with Crippen molar-refractivity contribution in [2.45, 2.75) is 6.42 Å². The van der Waals surface area contributed by atoms with Crippen molar-refractivity contribution in [3.63, 3.8) is 0 Å². The summed E-state index contributed by atoms with van der Waals surface area (Å²) >= 11 is 7.30. The van der Waals surface area contributed by atoms with E-state index in [0.29, 0.717) is 5.15 Å². The summed E-state index contributed by atoms with van der Waals surface area (Å²) in [6.45, 7) is 3.41. The number of halogens is 1. The Bertz CT molecular complexity index is 302. The van der Waals surface area contributed by atoms with Gasteiger partial charge in [-0.3, -0.25) is 0 Å². The fraction of sp³-hybridized carbons (Fsp3) is 0.667. The van der Waals surface area contributed by atoms with Crippen LogP contribution in [0.5, 0.6) is 0 Å². The van der Waals surface area contributed by atoms with Crippen LogP contribution in [-0.2, 0) is 0 Å². The zero-order chi connectivity index (χ0) is 9.97. The van der Waals surface area contributed by atoms with E-state index in [4.69, 9.17) is 11.6 Å². The molecule has 1 aromatic heterocycles. The monoisotopic (exact) mass is 231 g/mol. The minimum absolute atomic E-state index is 0.584. The fourth-order valence-corrected chi connectivity index (χ4v) is 2.61. The van der Waals surface area contributed by atoms with Crippen molar-refractivity contribution in [3.05, 3.63) is 10.5 Å². The first kappa shape index (κ1) is 10.2. The van der Waals surface area contributed by atoms with Gasteiger partial charge in [-0.15, -0.1) is 11.3 Å². The van der Waals surface area contributed by atoms with Gasteiger partial charge in [-0.25, -0.2) is 4.98 Å². The van der Waals surface area contributed by atoms with Crippen molar-refractivity contribution < 1.29 is 0 Å². The van der Waals surface area contributed by atoms with Crippen molar-refractivity contribution in [1.29, 1.82) is 0 Å². The molecule has 0 aliphatic carbocycles. The first-order valence-electron chi connectivity index (χ1n) is 4.77. The maximum atomic E-state index is 5.73. The molecule has 1 N–H and O–H groups in total. The van der Waals surface area contributed by atoms with Gasteiger partial charge in [0.15, 0.2) is 5.13 Å². The molecule has 1 fully saturated rings. The molecule has 3 nitrogen and oxygen atoms in total. The van der Waals surface area contributed by atoms with Crippen LogP contribution in [0.4, 0.5) is 5.13 Å². The highest BCUT2D eigenvalue weighted by Gasteiger charge is 2.19. The number of nitrogens with zero attached hydrogens (tertiary/aromatic N) is 2. The normalized spacial score (nSPS) is 22.9. The molecular formula is C9H14ClN3S. The van der Waals surface area contributed by atoms with Gasteiger partial charge in [0.1, 0.15) is 5.15 Å². The fourth-order valence-electron chi connectivity index (χ4n) is 1.76. The Hall–Kier alpha value is -0.320. The predicted octanol–water partition coefficient (Wildman–Crippen LogP) is 2.16. The lowest BCUT2D eigenvalue weighted by molar-refractivity contribution is 0.399. The Morgan fingerprint density at radius 3 is 3.21 bits per heavy atom. The van der Waals surface area contributed by atoms with Crippen molar-refractivity contribution in [2.24, 2.45) is 5.92 Å². The summed E-state index contributed by atoms with van der Waals surface area (Å²) in [6.07, 6.45) is 1.28. The zero-order valence-corrected chi connectivity index (χ0v) is 9.74. The quantitative estimate of drug-likeness (QED) is 0.864. The molecule has 5 heteroatoms. The largest absolute Gasteiger partial charge is 0.361 e. The average Bonchev–Trinajstić information content (AvgIpc) is 2.72. The summed E-state index contributed by atoms with van der Waals surface area (Å²) in [4.78, 5) is 6.51. The first-order chi connectivity index (χ1) is 6.74. The molecule has 14 heavy (non-hydrogen) atoms. The number of hydrogen-bond acceptors (Lipinski definition) is 4. The lowest BCUT2D eigenvalue weighted by Crippen LogP contribution is -2.19. The number of rotatable bonds is 3. The van der Waals surface area contributed by atoms with E-state index in [0.717, 1.165) is 17.6 Å². The van der Waals surface area contributed by atoms with E-state index in [1.54, 1.807) is 11.3 Å². The number of likely N-dealkylation sites (tertiary alicyclic amines) is 1. The van der Waals surface area contributed by atoms with Gasteiger partial charge >= 0.3 is 0 Å². The third-order valence-corrected chi connectivity index (χ3v) is 3.63.